The molecule has 1 heterocycles. The van der Waals surface area contributed by atoms with Crippen LogP contribution in [0.1, 0.15) is 10.5 Å². The van der Waals surface area contributed by atoms with Gasteiger partial charge >= 0.3 is 0 Å². The monoisotopic (exact) mass is 296 g/mol. The van der Waals surface area contributed by atoms with E-state index < -0.39 is 26.6 Å². The van der Waals surface area contributed by atoms with Crippen molar-refractivity contribution in [3.8, 4) is 0 Å². The summed E-state index contributed by atoms with van der Waals surface area (Å²) < 4.78 is 37.0. The number of amides is 1. The Bertz CT molecular complexity index is 721. The Kier molecular flexibility index (Phi) is 4.01. The largest absolute Gasteiger partial charge is 0.286 e. The molecule has 9 heteroatoms. The number of carbonyl (C=O) groups is 1. The van der Waals surface area contributed by atoms with E-state index in [0.29, 0.717) is 0 Å². The summed E-state index contributed by atoms with van der Waals surface area (Å²) in [6.07, 6.45) is 3.80. The maximum atomic E-state index is 13.4. The molecule has 0 saturated heterocycles. The second-order valence-electron chi connectivity index (χ2n) is 3.58. The first-order valence-corrected chi connectivity index (χ1v) is 6.82. The second kappa shape index (κ2) is 5.72. The lowest BCUT2D eigenvalue weighted by atomic mass is 10.4. The number of carbonyl (C=O) groups excluding carboxylic acids is 1. The number of halogens is 1. The molecule has 0 bridgehead atoms. The maximum Gasteiger partial charge on any atom is 0.286 e. The molecule has 0 aliphatic rings. The highest BCUT2D eigenvalue weighted by molar-refractivity contribution is 7.89. The molecule has 20 heavy (non-hydrogen) atoms. The van der Waals surface area contributed by atoms with Gasteiger partial charge in [0.15, 0.2) is 0 Å². The predicted octanol–water partition coefficient (Wildman–Crippen LogP) is 0.239. The Hall–Kier alpha value is -2.39. The van der Waals surface area contributed by atoms with Gasteiger partial charge in [-0.05, 0) is 12.1 Å². The van der Waals surface area contributed by atoms with Crippen LogP contribution in [0.3, 0.4) is 0 Å². The summed E-state index contributed by atoms with van der Waals surface area (Å²) in [5, 5.41) is 0. The summed E-state index contributed by atoms with van der Waals surface area (Å²) in [4.78, 5) is 20.1. The Morgan fingerprint density at radius 3 is 2.60 bits per heavy atom. The van der Waals surface area contributed by atoms with Crippen LogP contribution in [0.4, 0.5) is 4.39 Å². The number of rotatable bonds is 4. The molecule has 0 fully saturated rings. The van der Waals surface area contributed by atoms with Crippen molar-refractivity contribution in [3.63, 3.8) is 0 Å². The van der Waals surface area contributed by atoms with Crippen LogP contribution in [-0.4, -0.2) is 24.3 Å². The zero-order chi connectivity index (χ0) is 14.6. The number of hydrogen-bond acceptors (Lipinski definition) is 5. The number of nitrogens with one attached hydrogen (secondary N) is 2. The van der Waals surface area contributed by atoms with Gasteiger partial charge in [-0.25, -0.2) is 17.8 Å². The molecule has 1 amide bonds. The van der Waals surface area contributed by atoms with Crippen LogP contribution in [0.15, 0.2) is 47.8 Å². The number of sulfonamides is 1. The summed E-state index contributed by atoms with van der Waals surface area (Å²) in [5.74, 6) is -1.73. The van der Waals surface area contributed by atoms with E-state index in [-0.39, 0.29) is 5.69 Å². The average molecular weight is 296 g/mol. The highest BCUT2D eigenvalue weighted by atomic mass is 32.2. The smallest absolute Gasteiger partial charge is 0.272 e. The molecular formula is C11H9FN4O3S. The van der Waals surface area contributed by atoms with Gasteiger partial charge in [0.1, 0.15) is 16.4 Å². The quantitative estimate of drug-likeness (QED) is 0.787. The Balaban J connectivity index is 2.11. The fourth-order valence-corrected chi connectivity index (χ4v) is 2.23. The fraction of sp³-hybridized carbons (Fsp3) is 0. The summed E-state index contributed by atoms with van der Waals surface area (Å²) in [7, 11) is -4.20. The third kappa shape index (κ3) is 3.13. The Morgan fingerprint density at radius 2 is 1.95 bits per heavy atom. The van der Waals surface area contributed by atoms with E-state index in [1.165, 1.54) is 24.5 Å². The third-order valence-electron chi connectivity index (χ3n) is 2.22. The Morgan fingerprint density at radius 1 is 1.20 bits per heavy atom. The standard InChI is InChI=1S/C11H9FN4O3S/c12-8-3-1-2-4-10(8)20(18,19)16-15-11(17)9-7-13-5-6-14-9/h1-7,16H,(H,15,17). The van der Waals surface area contributed by atoms with Gasteiger partial charge in [-0.3, -0.25) is 15.2 Å². The number of benzene rings is 1. The second-order valence-corrected chi connectivity index (χ2v) is 5.23. The first-order chi connectivity index (χ1) is 9.50. The van der Waals surface area contributed by atoms with E-state index in [9.17, 15) is 17.6 Å². The molecule has 0 atom stereocenters. The zero-order valence-electron chi connectivity index (χ0n) is 9.95. The molecule has 2 aromatic rings. The van der Waals surface area contributed by atoms with Crippen molar-refractivity contribution >= 4 is 15.9 Å². The van der Waals surface area contributed by atoms with Gasteiger partial charge in [-0.2, -0.15) is 0 Å². The van der Waals surface area contributed by atoms with Crippen molar-refractivity contribution in [2.75, 3.05) is 0 Å². The first-order valence-electron chi connectivity index (χ1n) is 5.33. The summed E-state index contributed by atoms with van der Waals surface area (Å²) >= 11 is 0. The van der Waals surface area contributed by atoms with Crippen molar-refractivity contribution in [2.45, 2.75) is 4.90 Å². The predicted molar refractivity (Wildman–Crippen MR) is 66.2 cm³/mol. The van der Waals surface area contributed by atoms with Gasteiger partial charge in [0, 0.05) is 12.4 Å². The highest BCUT2D eigenvalue weighted by Crippen LogP contribution is 2.12. The van der Waals surface area contributed by atoms with Crippen molar-refractivity contribution in [3.05, 3.63) is 54.4 Å². The summed E-state index contributed by atoms with van der Waals surface area (Å²) in [6.45, 7) is 0. The van der Waals surface area contributed by atoms with E-state index >= 15 is 0 Å². The highest BCUT2D eigenvalue weighted by Gasteiger charge is 2.19. The minimum Gasteiger partial charge on any atom is -0.272 e. The lowest BCUT2D eigenvalue weighted by Crippen LogP contribution is -2.42. The minimum atomic E-state index is -4.20. The van der Waals surface area contributed by atoms with E-state index in [4.69, 9.17) is 0 Å². The van der Waals surface area contributed by atoms with Crippen LogP contribution in [0.5, 0.6) is 0 Å². The molecule has 0 spiro atoms. The zero-order valence-corrected chi connectivity index (χ0v) is 10.8. The van der Waals surface area contributed by atoms with E-state index in [0.717, 1.165) is 18.3 Å². The maximum absolute atomic E-state index is 13.4. The van der Waals surface area contributed by atoms with Crippen LogP contribution in [0.2, 0.25) is 0 Å². The molecule has 7 nitrogen and oxygen atoms in total. The van der Waals surface area contributed by atoms with E-state index in [1.807, 2.05) is 5.43 Å². The first kappa shape index (κ1) is 14.0. The van der Waals surface area contributed by atoms with Crippen molar-refractivity contribution in [1.29, 1.82) is 0 Å². The van der Waals surface area contributed by atoms with Crippen LogP contribution in [0.25, 0.3) is 0 Å². The molecule has 0 aliphatic heterocycles. The lowest BCUT2D eigenvalue weighted by Gasteiger charge is -2.08. The van der Waals surface area contributed by atoms with Crippen molar-refractivity contribution in [2.24, 2.45) is 0 Å². The molecule has 0 radical (unpaired) electrons. The number of nitrogens with zero attached hydrogens (tertiary/aromatic N) is 2. The number of hydrazine groups is 1. The van der Waals surface area contributed by atoms with Crippen LogP contribution >= 0.6 is 0 Å². The molecular weight excluding hydrogens is 287 g/mol. The number of aromatic nitrogens is 2. The minimum absolute atomic E-state index is 0.0799. The van der Waals surface area contributed by atoms with Gasteiger partial charge < -0.3 is 0 Å². The molecule has 1 aromatic carbocycles. The lowest BCUT2D eigenvalue weighted by molar-refractivity contribution is 0.0939. The summed E-state index contributed by atoms with van der Waals surface area (Å²) in [5.41, 5.74) is 1.84. The van der Waals surface area contributed by atoms with Gasteiger partial charge in [0.2, 0.25) is 0 Å². The molecule has 2 rings (SSSR count). The van der Waals surface area contributed by atoms with Gasteiger partial charge in [0.25, 0.3) is 15.9 Å². The van der Waals surface area contributed by atoms with Crippen LogP contribution in [0, 0.1) is 5.82 Å². The van der Waals surface area contributed by atoms with Gasteiger partial charge in [-0.1, -0.05) is 12.1 Å². The molecule has 0 aliphatic carbocycles. The van der Waals surface area contributed by atoms with E-state index in [2.05, 4.69) is 9.97 Å². The molecule has 1 aromatic heterocycles. The Labute approximate surface area is 113 Å². The average Bonchev–Trinajstić information content (AvgIpc) is 2.46. The van der Waals surface area contributed by atoms with Crippen molar-refractivity contribution in [1.82, 2.24) is 20.2 Å². The SMILES string of the molecule is O=C(NNS(=O)(=O)c1ccccc1F)c1cnccn1. The fourth-order valence-electron chi connectivity index (χ4n) is 1.31. The normalized spacial score (nSPS) is 11.1. The molecule has 104 valence electrons. The number of hydrogen-bond donors (Lipinski definition) is 2. The van der Waals surface area contributed by atoms with E-state index in [1.54, 1.807) is 4.83 Å². The summed E-state index contributed by atoms with van der Waals surface area (Å²) in [6, 6.07) is 4.79. The van der Waals surface area contributed by atoms with Crippen molar-refractivity contribution < 1.29 is 17.6 Å². The molecule has 0 unspecified atom stereocenters. The van der Waals surface area contributed by atoms with Gasteiger partial charge in [-0.15, -0.1) is 4.83 Å². The topological polar surface area (TPSA) is 101 Å². The van der Waals surface area contributed by atoms with Crippen LogP contribution < -0.4 is 10.3 Å². The molecule has 2 N–H and O–H groups in total. The molecule has 0 saturated carbocycles. The third-order valence-corrected chi connectivity index (χ3v) is 3.50. The van der Waals surface area contributed by atoms with Crippen LogP contribution in [-0.2, 0) is 10.0 Å². The van der Waals surface area contributed by atoms with Gasteiger partial charge in [0.05, 0.1) is 6.20 Å².